The van der Waals surface area contributed by atoms with Crippen molar-refractivity contribution in [2.24, 2.45) is 11.7 Å². The van der Waals surface area contributed by atoms with Crippen LogP contribution in [0.25, 0.3) is 0 Å². The maximum absolute atomic E-state index is 12.9. The van der Waals surface area contributed by atoms with Crippen LogP contribution in [0.5, 0.6) is 0 Å². The van der Waals surface area contributed by atoms with Crippen LogP contribution < -0.4 is 11.1 Å². The molecule has 0 saturated heterocycles. The van der Waals surface area contributed by atoms with Crippen molar-refractivity contribution in [3.8, 4) is 6.07 Å². The van der Waals surface area contributed by atoms with Gasteiger partial charge in [-0.25, -0.2) is 0 Å². The van der Waals surface area contributed by atoms with Gasteiger partial charge in [-0.1, -0.05) is 13.3 Å². The number of hydrogen-bond donors (Lipinski definition) is 2. The van der Waals surface area contributed by atoms with Crippen LogP contribution in [0.1, 0.15) is 30.9 Å². The molecule has 0 aliphatic rings. The van der Waals surface area contributed by atoms with Crippen LogP contribution in [0.2, 0.25) is 0 Å². The topological polar surface area (TPSA) is 78.9 Å². The second kappa shape index (κ2) is 7.09. The Labute approximate surface area is 120 Å². The average Bonchev–Trinajstić information content (AvgIpc) is 2.44. The van der Waals surface area contributed by atoms with Crippen LogP contribution in [-0.4, -0.2) is 12.5 Å². The molecule has 1 unspecified atom stereocenters. The zero-order valence-corrected chi connectivity index (χ0v) is 11.5. The Morgan fingerprint density at radius 1 is 1.48 bits per heavy atom. The summed E-state index contributed by atoms with van der Waals surface area (Å²) in [6.45, 7) is 2.15. The summed E-state index contributed by atoms with van der Waals surface area (Å²) in [4.78, 5) is 11.8. The highest BCUT2D eigenvalue weighted by molar-refractivity contribution is 5.91. The van der Waals surface area contributed by atoms with Crippen molar-refractivity contribution in [1.82, 2.24) is 0 Å². The fourth-order valence-corrected chi connectivity index (χ4v) is 1.82. The number of nitrogens with two attached hydrogens (primary N) is 1. The quantitative estimate of drug-likeness (QED) is 0.877. The lowest BCUT2D eigenvalue weighted by molar-refractivity contribution is -0.137. The highest BCUT2D eigenvalue weighted by Crippen LogP contribution is 2.35. The minimum Gasteiger partial charge on any atom is -0.330 e. The van der Waals surface area contributed by atoms with E-state index in [1.54, 1.807) is 6.07 Å². The van der Waals surface area contributed by atoms with Gasteiger partial charge in [-0.15, -0.1) is 0 Å². The van der Waals surface area contributed by atoms with Crippen molar-refractivity contribution in [2.75, 3.05) is 11.9 Å². The molecule has 0 heterocycles. The van der Waals surface area contributed by atoms with E-state index in [9.17, 15) is 18.0 Å². The van der Waals surface area contributed by atoms with Gasteiger partial charge in [0, 0.05) is 6.42 Å². The predicted octanol–water partition coefficient (Wildman–Crippen LogP) is 2.89. The molecule has 0 aromatic heterocycles. The summed E-state index contributed by atoms with van der Waals surface area (Å²) in [6, 6.07) is 4.67. The molecule has 21 heavy (non-hydrogen) atoms. The maximum Gasteiger partial charge on any atom is 0.418 e. The molecule has 1 rings (SSSR count). The zero-order chi connectivity index (χ0) is 16.0. The van der Waals surface area contributed by atoms with Gasteiger partial charge in [0.25, 0.3) is 0 Å². The Balaban J connectivity index is 2.98. The molecule has 4 nitrogen and oxygen atoms in total. The third-order valence-corrected chi connectivity index (χ3v) is 3.11. The van der Waals surface area contributed by atoms with Gasteiger partial charge < -0.3 is 11.1 Å². The van der Waals surface area contributed by atoms with E-state index in [1.807, 2.05) is 6.92 Å². The number of nitrogens with zero attached hydrogens (tertiary/aromatic N) is 1. The molecular formula is C14H16F3N3O. The van der Waals surface area contributed by atoms with E-state index in [2.05, 4.69) is 5.32 Å². The van der Waals surface area contributed by atoms with Gasteiger partial charge in [0.15, 0.2) is 0 Å². The number of nitriles is 1. The standard InChI is InChI=1S/C14H16F3N3O/c1-2-9(7-18)6-13(21)20-12-4-3-10(8-19)5-11(12)14(15,16)17/h3-5,9H,2,6-7,18H2,1H3,(H,20,21). The third-order valence-electron chi connectivity index (χ3n) is 3.11. The van der Waals surface area contributed by atoms with Crippen LogP contribution >= 0.6 is 0 Å². The first-order valence-corrected chi connectivity index (χ1v) is 6.43. The molecule has 0 fully saturated rings. The fraction of sp³-hybridized carbons (Fsp3) is 0.429. The Morgan fingerprint density at radius 3 is 2.62 bits per heavy atom. The predicted molar refractivity (Wildman–Crippen MR) is 72.2 cm³/mol. The lowest BCUT2D eigenvalue weighted by atomic mass is 10.0. The number of halogens is 3. The molecule has 0 saturated carbocycles. The molecular weight excluding hydrogens is 283 g/mol. The minimum atomic E-state index is -4.65. The molecule has 1 atom stereocenters. The van der Waals surface area contributed by atoms with Crippen LogP contribution in [0.3, 0.4) is 0 Å². The van der Waals surface area contributed by atoms with Gasteiger partial charge in [0.2, 0.25) is 5.91 Å². The number of amides is 1. The van der Waals surface area contributed by atoms with E-state index in [0.717, 1.165) is 12.1 Å². The molecule has 1 aromatic carbocycles. The van der Waals surface area contributed by atoms with Crippen LogP contribution in [0, 0.1) is 17.2 Å². The van der Waals surface area contributed by atoms with E-state index in [4.69, 9.17) is 11.0 Å². The monoisotopic (exact) mass is 299 g/mol. The Bertz CT molecular complexity index is 545. The number of rotatable bonds is 5. The average molecular weight is 299 g/mol. The van der Waals surface area contributed by atoms with Crippen molar-refractivity contribution >= 4 is 11.6 Å². The fourth-order valence-electron chi connectivity index (χ4n) is 1.82. The highest BCUT2D eigenvalue weighted by Gasteiger charge is 2.34. The van der Waals surface area contributed by atoms with Gasteiger partial charge in [-0.05, 0) is 30.7 Å². The van der Waals surface area contributed by atoms with Crippen LogP contribution in [0.15, 0.2) is 18.2 Å². The van der Waals surface area contributed by atoms with Crippen LogP contribution in [0.4, 0.5) is 18.9 Å². The molecule has 0 radical (unpaired) electrons. The largest absolute Gasteiger partial charge is 0.418 e. The summed E-state index contributed by atoms with van der Waals surface area (Å²) in [5, 5.41) is 10.9. The third kappa shape index (κ3) is 4.76. The summed E-state index contributed by atoms with van der Waals surface area (Å²) in [7, 11) is 0. The summed E-state index contributed by atoms with van der Waals surface area (Å²) in [6.07, 6.45) is -3.92. The van der Waals surface area contributed by atoms with E-state index in [1.165, 1.54) is 6.07 Å². The number of carbonyl (C=O) groups is 1. The number of nitrogens with one attached hydrogen (secondary N) is 1. The summed E-state index contributed by atoms with van der Waals surface area (Å²) in [5.41, 5.74) is 3.97. The SMILES string of the molecule is CCC(CN)CC(=O)Nc1ccc(C#N)cc1C(F)(F)F. The number of benzene rings is 1. The molecule has 3 N–H and O–H groups in total. The van der Waals surface area contributed by atoms with E-state index < -0.39 is 17.6 Å². The second-order valence-corrected chi connectivity index (χ2v) is 4.63. The normalized spacial score (nSPS) is 12.6. The highest BCUT2D eigenvalue weighted by atomic mass is 19.4. The summed E-state index contributed by atoms with van der Waals surface area (Å²) >= 11 is 0. The summed E-state index contributed by atoms with van der Waals surface area (Å²) in [5.74, 6) is -0.597. The van der Waals surface area contributed by atoms with Gasteiger partial charge in [0.05, 0.1) is 22.9 Å². The smallest absolute Gasteiger partial charge is 0.330 e. The number of alkyl halides is 3. The molecule has 0 aliphatic carbocycles. The molecule has 1 amide bonds. The van der Waals surface area contributed by atoms with Crippen molar-refractivity contribution in [1.29, 1.82) is 5.26 Å². The van der Waals surface area contributed by atoms with Crippen LogP contribution in [-0.2, 0) is 11.0 Å². The van der Waals surface area contributed by atoms with Crippen molar-refractivity contribution < 1.29 is 18.0 Å². The van der Waals surface area contributed by atoms with Gasteiger partial charge in [-0.3, -0.25) is 4.79 Å². The lowest BCUT2D eigenvalue weighted by Crippen LogP contribution is -2.23. The summed E-state index contributed by atoms with van der Waals surface area (Å²) < 4.78 is 38.8. The number of carbonyl (C=O) groups excluding carboxylic acids is 1. The van der Waals surface area contributed by atoms with Crippen molar-refractivity contribution in [2.45, 2.75) is 25.9 Å². The Morgan fingerprint density at radius 2 is 2.14 bits per heavy atom. The molecule has 1 aromatic rings. The van der Waals surface area contributed by atoms with Gasteiger partial charge in [-0.2, -0.15) is 18.4 Å². The molecule has 0 bridgehead atoms. The van der Waals surface area contributed by atoms with E-state index in [-0.39, 0.29) is 23.6 Å². The second-order valence-electron chi connectivity index (χ2n) is 4.63. The Kier molecular flexibility index (Phi) is 5.73. The van der Waals surface area contributed by atoms with Crippen molar-refractivity contribution in [3.05, 3.63) is 29.3 Å². The Hall–Kier alpha value is -2.07. The molecule has 0 spiro atoms. The van der Waals surface area contributed by atoms with Crippen molar-refractivity contribution in [3.63, 3.8) is 0 Å². The molecule has 114 valence electrons. The van der Waals surface area contributed by atoms with E-state index in [0.29, 0.717) is 13.0 Å². The first-order valence-electron chi connectivity index (χ1n) is 6.43. The molecule has 7 heteroatoms. The maximum atomic E-state index is 12.9. The minimum absolute atomic E-state index is 0.0598. The lowest BCUT2D eigenvalue weighted by Gasteiger charge is -2.16. The zero-order valence-electron chi connectivity index (χ0n) is 11.5. The number of anilines is 1. The van der Waals surface area contributed by atoms with Gasteiger partial charge in [0.1, 0.15) is 0 Å². The molecule has 0 aliphatic heterocycles. The first-order chi connectivity index (χ1) is 9.81. The number of hydrogen-bond acceptors (Lipinski definition) is 3. The first kappa shape index (κ1) is 17.0. The van der Waals surface area contributed by atoms with E-state index >= 15 is 0 Å². The van der Waals surface area contributed by atoms with Gasteiger partial charge >= 0.3 is 6.18 Å².